The summed E-state index contributed by atoms with van der Waals surface area (Å²) in [6.45, 7) is 5.02. The average molecular weight is 324 g/mol. The Bertz CT molecular complexity index is 725. The summed E-state index contributed by atoms with van der Waals surface area (Å²) >= 11 is 0. The van der Waals surface area contributed by atoms with E-state index in [9.17, 15) is 4.79 Å². The Balaban J connectivity index is 1.63. The number of carbonyl (C=O) groups is 1. The molecule has 24 heavy (non-hydrogen) atoms. The number of nitrogens with zero attached hydrogens (tertiary/aromatic N) is 2. The van der Waals surface area contributed by atoms with E-state index in [1.165, 1.54) is 5.56 Å². The van der Waals surface area contributed by atoms with Gasteiger partial charge in [-0.25, -0.2) is 4.98 Å². The standard InChI is InChI=1S/C19H24N4O/c1-13(2)23(3)18-8-4-14(12-21-18)11-20-16-6-7-17-15(10-16)5-9-19(24)22-17/h4,6-8,10,12-13,20H,5,9,11H2,1-3H3,(H,22,24). The number of hydrogen-bond acceptors (Lipinski definition) is 4. The minimum Gasteiger partial charge on any atom is -0.381 e. The highest BCUT2D eigenvalue weighted by Gasteiger charge is 2.14. The quantitative estimate of drug-likeness (QED) is 0.885. The van der Waals surface area contributed by atoms with E-state index in [1.807, 2.05) is 18.3 Å². The van der Waals surface area contributed by atoms with Gasteiger partial charge in [-0.3, -0.25) is 4.79 Å². The number of benzene rings is 1. The van der Waals surface area contributed by atoms with E-state index in [4.69, 9.17) is 0 Å². The SMILES string of the molecule is CC(C)N(C)c1ccc(CNc2ccc3c(c2)CCC(=O)N3)cn1. The number of amides is 1. The maximum atomic E-state index is 11.4. The first-order chi connectivity index (χ1) is 11.5. The number of hydrogen-bond donors (Lipinski definition) is 2. The number of fused-ring (bicyclic) bond motifs is 1. The lowest BCUT2D eigenvalue weighted by atomic mass is 10.0. The van der Waals surface area contributed by atoms with Crippen LogP contribution in [0, 0.1) is 0 Å². The van der Waals surface area contributed by atoms with E-state index in [1.54, 1.807) is 0 Å². The molecule has 2 N–H and O–H groups in total. The molecule has 2 heterocycles. The Morgan fingerprint density at radius 1 is 1.25 bits per heavy atom. The van der Waals surface area contributed by atoms with Crippen molar-refractivity contribution in [3.8, 4) is 0 Å². The second-order valence-corrected chi connectivity index (χ2v) is 6.50. The van der Waals surface area contributed by atoms with Crippen molar-refractivity contribution in [1.82, 2.24) is 4.98 Å². The van der Waals surface area contributed by atoms with Crippen molar-refractivity contribution in [2.75, 3.05) is 22.6 Å². The molecule has 0 spiro atoms. The lowest BCUT2D eigenvalue weighted by Crippen LogP contribution is -2.26. The van der Waals surface area contributed by atoms with E-state index >= 15 is 0 Å². The molecule has 0 aliphatic carbocycles. The number of aromatic nitrogens is 1. The third-order valence-corrected chi connectivity index (χ3v) is 4.44. The number of carbonyl (C=O) groups excluding carboxylic acids is 1. The van der Waals surface area contributed by atoms with Gasteiger partial charge in [-0.2, -0.15) is 0 Å². The van der Waals surface area contributed by atoms with E-state index in [-0.39, 0.29) is 5.91 Å². The molecule has 3 rings (SSSR count). The summed E-state index contributed by atoms with van der Waals surface area (Å²) in [4.78, 5) is 18.1. The summed E-state index contributed by atoms with van der Waals surface area (Å²) in [5, 5.41) is 6.33. The van der Waals surface area contributed by atoms with Crippen LogP contribution in [0.25, 0.3) is 0 Å². The molecule has 0 fully saturated rings. The second kappa shape index (κ2) is 6.91. The van der Waals surface area contributed by atoms with Gasteiger partial charge in [0.05, 0.1) is 0 Å². The first-order valence-corrected chi connectivity index (χ1v) is 8.37. The number of rotatable bonds is 5. The number of nitrogens with one attached hydrogen (secondary N) is 2. The van der Waals surface area contributed by atoms with Crippen molar-refractivity contribution >= 4 is 23.1 Å². The molecule has 1 aliphatic rings. The molecule has 2 aromatic rings. The van der Waals surface area contributed by atoms with Crippen molar-refractivity contribution in [3.63, 3.8) is 0 Å². The van der Waals surface area contributed by atoms with Crippen LogP contribution < -0.4 is 15.5 Å². The molecule has 1 aromatic carbocycles. The normalized spacial score (nSPS) is 13.4. The van der Waals surface area contributed by atoms with Gasteiger partial charge in [-0.1, -0.05) is 6.07 Å². The van der Waals surface area contributed by atoms with Crippen LogP contribution in [-0.4, -0.2) is 24.0 Å². The third-order valence-electron chi connectivity index (χ3n) is 4.44. The maximum absolute atomic E-state index is 11.4. The molecule has 0 saturated heterocycles. The number of aryl methyl sites for hydroxylation is 1. The fourth-order valence-electron chi connectivity index (χ4n) is 2.69. The molecule has 126 valence electrons. The molecule has 0 saturated carbocycles. The van der Waals surface area contributed by atoms with E-state index < -0.39 is 0 Å². The van der Waals surface area contributed by atoms with Crippen molar-refractivity contribution in [3.05, 3.63) is 47.7 Å². The van der Waals surface area contributed by atoms with Crippen LogP contribution in [0.3, 0.4) is 0 Å². The number of pyridine rings is 1. The van der Waals surface area contributed by atoms with Gasteiger partial charge in [0, 0.05) is 43.6 Å². The van der Waals surface area contributed by atoms with Crippen LogP contribution in [0.5, 0.6) is 0 Å². The summed E-state index contributed by atoms with van der Waals surface area (Å²) in [6.07, 6.45) is 3.28. The van der Waals surface area contributed by atoms with Crippen LogP contribution in [0.4, 0.5) is 17.2 Å². The molecular formula is C19H24N4O. The Kier molecular flexibility index (Phi) is 4.69. The van der Waals surface area contributed by atoms with Crippen molar-refractivity contribution < 1.29 is 4.79 Å². The zero-order chi connectivity index (χ0) is 17.1. The zero-order valence-electron chi connectivity index (χ0n) is 14.5. The highest BCUT2D eigenvalue weighted by atomic mass is 16.1. The van der Waals surface area contributed by atoms with Gasteiger partial charge < -0.3 is 15.5 Å². The van der Waals surface area contributed by atoms with E-state index in [0.717, 1.165) is 35.7 Å². The summed E-state index contributed by atoms with van der Waals surface area (Å²) in [5.74, 6) is 1.08. The monoisotopic (exact) mass is 324 g/mol. The third kappa shape index (κ3) is 3.67. The van der Waals surface area contributed by atoms with Gasteiger partial charge in [-0.15, -0.1) is 0 Å². The maximum Gasteiger partial charge on any atom is 0.224 e. The van der Waals surface area contributed by atoms with Gasteiger partial charge >= 0.3 is 0 Å². The van der Waals surface area contributed by atoms with Gasteiger partial charge in [0.15, 0.2) is 0 Å². The van der Waals surface area contributed by atoms with E-state index in [2.05, 4.69) is 59.6 Å². The molecule has 1 aromatic heterocycles. The molecule has 0 radical (unpaired) electrons. The van der Waals surface area contributed by atoms with Crippen molar-refractivity contribution in [1.29, 1.82) is 0 Å². The molecular weight excluding hydrogens is 300 g/mol. The van der Waals surface area contributed by atoms with Crippen molar-refractivity contribution in [2.45, 2.75) is 39.3 Å². The summed E-state index contributed by atoms with van der Waals surface area (Å²) in [5.41, 5.74) is 4.32. The van der Waals surface area contributed by atoms with Crippen LogP contribution in [-0.2, 0) is 17.8 Å². The van der Waals surface area contributed by atoms with Crippen LogP contribution in [0.15, 0.2) is 36.5 Å². The molecule has 0 atom stereocenters. The largest absolute Gasteiger partial charge is 0.381 e. The second-order valence-electron chi connectivity index (χ2n) is 6.50. The molecule has 1 aliphatic heterocycles. The average Bonchev–Trinajstić information content (AvgIpc) is 2.59. The first kappa shape index (κ1) is 16.3. The van der Waals surface area contributed by atoms with E-state index in [0.29, 0.717) is 12.5 Å². The predicted molar refractivity (Wildman–Crippen MR) is 98.5 cm³/mol. The fraction of sp³-hybridized carbons (Fsp3) is 0.368. The molecule has 0 unspecified atom stereocenters. The molecule has 5 nitrogen and oxygen atoms in total. The highest BCUT2D eigenvalue weighted by molar-refractivity contribution is 5.94. The van der Waals surface area contributed by atoms with Gasteiger partial charge in [0.25, 0.3) is 0 Å². The topological polar surface area (TPSA) is 57.3 Å². The first-order valence-electron chi connectivity index (χ1n) is 8.37. The van der Waals surface area contributed by atoms with Crippen LogP contribution in [0.1, 0.15) is 31.4 Å². The van der Waals surface area contributed by atoms with Gasteiger partial charge in [0.2, 0.25) is 5.91 Å². The highest BCUT2D eigenvalue weighted by Crippen LogP contribution is 2.26. The van der Waals surface area contributed by atoms with Crippen LogP contribution in [0.2, 0.25) is 0 Å². The summed E-state index contributed by atoms with van der Waals surface area (Å²) < 4.78 is 0. The Hall–Kier alpha value is -2.56. The molecule has 0 bridgehead atoms. The minimum absolute atomic E-state index is 0.0979. The van der Waals surface area contributed by atoms with Crippen LogP contribution >= 0.6 is 0 Å². The lowest BCUT2D eigenvalue weighted by Gasteiger charge is -2.22. The van der Waals surface area contributed by atoms with Crippen molar-refractivity contribution in [2.24, 2.45) is 0 Å². The summed E-state index contributed by atoms with van der Waals surface area (Å²) in [7, 11) is 2.05. The molecule has 5 heteroatoms. The fourth-order valence-corrected chi connectivity index (χ4v) is 2.69. The zero-order valence-corrected chi connectivity index (χ0v) is 14.5. The Morgan fingerprint density at radius 2 is 2.08 bits per heavy atom. The number of anilines is 3. The van der Waals surface area contributed by atoms with Gasteiger partial charge in [-0.05, 0) is 55.7 Å². The minimum atomic E-state index is 0.0979. The predicted octanol–water partition coefficient (Wildman–Crippen LogP) is 3.42. The Morgan fingerprint density at radius 3 is 2.79 bits per heavy atom. The summed E-state index contributed by atoms with van der Waals surface area (Å²) in [6, 6.07) is 10.7. The van der Waals surface area contributed by atoms with Gasteiger partial charge in [0.1, 0.15) is 5.82 Å². The Labute approximate surface area is 143 Å². The molecule has 1 amide bonds. The smallest absolute Gasteiger partial charge is 0.224 e. The lowest BCUT2D eigenvalue weighted by molar-refractivity contribution is -0.116.